The van der Waals surface area contributed by atoms with Gasteiger partial charge >= 0.3 is 0 Å². The second-order valence-corrected chi connectivity index (χ2v) is 12.5. The van der Waals surface area contributed by atoms with Crippen molar-refractivity contribution in [3.05, 3.63) is 0 Å². The summed E-state index contributed by atoms with van der Waals surface area (Å²) in [6, 6.07) is 0. The zero-order valence-electron chi connectivity index (χ0n) is 15.6. The lowest BCUT2D eigenvalue weighted by Gasteiger charge is -2.49. The number of ether oxygens (including phenoxy) is 1. The highest BCUT2D eigenvalue weighted by atomic mass is 79.9. The van der Waals surface area contributed by atoms with Gasteiger partial charge in [0.15, 0.2) is 6.29 Å². The number of halogens is 2. The fourth-order valence-electron chi connectivity index (χ4n) is 7.10. The standard InChI is InChI=1S/C20H32Br2O3/c1-17(2)11-19(24,8-6-13(17)21)10-12-4-9-20-14(22)5-7-18(3,15(12)20)25-16(20)23/h12-16,23-24H,4-11H2,1-3H3/t12-,13-,14-,15+,16+,18+,19-,20-/m0/s1. The van der Waals surface area contributed by atoms with E-state index in [1.165, 1.54) is 0 Å². The lowest BCUT2D eigenvalue weighted by atomic mass is 9.59. The second kappa shape index (κ2) is 5.92. The Morgan fingerprint density at radius 2 is 1.68 bits per heavy atom. The van der Waals surface area contributed by atoms with Crippen LogP contribution in [0.2, 0.25) is 0 Å². The van der Waals surface area contributed by atoms with E-state index in [0.717, 1.165) is 51.4 Å². The van der Waals surface area contributed by atoms with E-state index in [9.17, 15) is 10.2 Å². The monoisotopic (exact) mass is 478 g/mol. The molecule has 1 saturated heterocycles. The molecular weight excluding hydrogens is 448 g/mol. The topological polar surface area (TPSA) is 49.7 Å². The van der Waals surface area contributed by atoms with E-state index in [4.69, 9.17) is 4.74 Å². The van der Waals surface area contributed by atoms with Crippen molar-refractivity contribution < 1.29 is 14.9 Å². The van der Waals surface area contributed by atoms with Crippen molar-refractivity contribution in [2.45, 2.75) is 99.3 Å². The molecule has 0 radical (unpaired) electrons. The summed E-state index contributed by atoms with van der Waals surface area (Å²) in [7, 11) is 0. The Labute approximate surface area is 168 Å². The summed E-state index contributed by atoms with van der Waals surface area (Å²) < 4.78 is 6.15. The third-order valence-electron chi connectivity index (χ3n) is 8.11. The molecule has 8 atom stereocenters. The Morgan fingerprint density at radius 1 is 1.00 bits per heavy atom. The minimum Gasteiger partial charge on any atom is -0.390 e. The molecule has 0 aromatic rings. The van der Waals surface area contributed by atoms with Crippen molar-refractivity contribution in [1.82, 2.24) is 0 Å². The predicted molar refractivity (Wildman–Crippen MR) is 106 cm³/mol. The summed E-state index contributed by atoms with van der Waals surface area (Å²) in [5.41, 5.74) is -0.851. The molecule has 4 rings (SSSR count). The first-order chi connectivity index (χ1) is 11.5. The number of rotatable bonds is 2. The van der Waals surface area contributed by atoms with Crippen molar-refractivity contribution in [3.8, 4) is 0 Å². The van der Waals surface area contributed by atoms with Gasteiger partial charge in [-0.2, -0.15) is 0 Å². The van der Waals surface area contributed by atoms with Gasteiger partial charge in [-0.1, -0.05) is 45.7 Å². The third kappa shape index (κ3) is 2.73. The van der Waals surface area contributed by atoms with E-state index in [2.05, 4.69) is 52.6 Å². The van der Waals surface area contributed by atoms with Crippen molar-refractivity contribution in [2.24, 2.45) is 22.7 Å². The molecule has 0 aromatic carbocycles. The molecule has 4 fully saturated rings. The summed E-state index contributed by atoms with van der Waals surface area (Å²) >= 11 is 7.70. The molecule has 0 aromatic heterocycles. The second-order valence-electron chi connectivity index (χ2n) is 10.3. The maximum Gasteiger partial charge on any atom is 0.162 e. The molecule has 3 aliphatic carbocycles. The van der Waals surface area contributed by atoms with Crippen LogP contribution < -0.4 is 0 Å². The van der Waals surface area contributed by atoms with Gasteiger partial charge in [-0.3, -0.25) is 0 Å². The van der Waals surface area contributed by atoms with Gasteiger partial charge in [0.25, 0.3) is 0 Å². The minimum absolute atomic E-state index is 0.118. The normalized spacial score (nSPS) is 57.5. The Hall–Kier alpha value is 0.840. The van der Waals surface area contributed by atoms with Gasteiger partial charge in [0.2, 0.25) is 0 Å². The molecular formula is C20H32Br2O3. The molecule has 0 unspecified atom stereocenters. The fraction of sp³-hybridized carbons (Fsp3) is 1.00. The maximum absolute atomic E-state index is 11.4. The molecule has 144 valence electrons. The molecule has 1 heterocycles. The van der Waals surface area contributed by atoms with Gasteiger partial charge in [-0.25, -0.2) is 0 Å². The Bertz CT molecular complexity index is 555. The van der Waals surface area contributed by atoms with Gasteiger partial charge < -0.3 is 14.9 Å². The molecule has 3 nitrogen and oxygen atoms in total. The first-order valence-electron chi connectivity index (χ1n) is 9.89. The summed E-state index contributed by atoms with van der Waals surface area (Å²) in [5.74, 6) is 0.789. The molecule has 2 bridgehead atoms. The Balaban J connectivity index is 1.59. The molecule has 0 amide bonds. The van der Waals surface area contributed by atoms with Crippen LogP contribution in [0.5, 0.6) is 0 Å². The predicted octanol–water partition coefficient (Wildman–Crippen LogP) is 4.76. The minimum atomic E-state index is -0.663. The van der Waals surface area contributed by atoms with Gasteiger partial charge in [-0.15, -0.1) is 0 Å². The molecule has 25 heavy (non-hydrogen) atoms. The lowest BCUT2D eigenvalue weighted by Crippen LogP contribution is -2.51. The highest BCUT2D eigenvalue weighted by molar-refractivity contribution is 9.09. The van der Waals surface area contributed by atoms with E-state index in [1.807, 2.05) is 0 Å². The fourth-order valence-corrected chi connectivity index (χ4v) is 8.46. The zero-order valence-corrected chi connectivity index (χ0v) is 18.8. The summed E-state index contributed by atoms with van der Waals surface area (Å²) in [6.45, 7) is 6.72. The SMILES string of the molecule is CC1(C)C[C@@](O)(C[C@@H]2CC[C@]34[C@H](O)O[C@](C)(CC[C@@H]3Br)[C@@H]24)CC[C@@H]1Br. The average Bonchev–Trinajstić information content (AvgIpc) is 2.96. The Kier molecular flexibility index (Phi) is 4.54. The summed E-state index contributed by atoms with van der Waals surface area (Å²) in [5, 5.41) is 22.2. The highest BCUT2D eigenvalue weighted by Gasteiger charge is 2.71. The molecule has 0 spiro atoms. The average molecular weight is 480 g/mol. The van der Waals surface area contributed by atoms with Crippen LogP contribution >= 0.6 is 31.9 Å². The largest absolute Gasteiger partial charge is 0.390 e. The van der Waals surface area contributed by atoms with Crippen LogP contribution in [0.4, 0.5) is 0 Å². The molecule has 3 saturated carbocycles. The van der Waals surface area contributed by atoms with E-state index in [1.54, 1.807) is 0 Å². The van der Waals surface area contributed by atoms with Crippen LogP contribution in [0.15, 0.2) is 0 Å². The first-order valence-corrected chi connectivity index (χ1v) is 11.7. The van der Waals surface area contributed by atoms with Crippen molar-refractivity contribution in [2.75, 3.05) is 0 Å². The van der Waals surface area contributed by atoms with Gasteiger partial charge in [-0.05, 0) is 69.6 Å². The molecule has 5 heteroatoms. The van der Waals surface area contributed by atoms with E-state index < -0.39 is 11.9 Å². The number of hydrogen-bond donors (Lipinski definition) is 2. The number of hydrogen-bond acceptors (Lipinski definition) is 3. The van der Waals surface area contributed by atoms with Crippen LogP contribution in [0.3, 0.4) is 0 Å². The van der Waals surface area contributed by atoms with Gasteiger partial charge in [0, 0.05) is 21.0 Å². The Morgan fingerprint density at radius 3 is 2.36 bits per heavy atom. The van der Waals surface area contributed by atoms with Crippen LogP contribution in [-0.4, -0.2) is 37.4 Å². The number of alkyl halides is 2. The lowest BCUT2D eigenvalue weighted by molar-refractivity contribution is -0.157. The highest BCUT2D eigenvalue weighted by Crippen LogP contribution is 2.69. The van der Waals surface area contributed by atoms with E-state index >= 15 is 0 Å². The van der Waals surface area contributed by atoms with Crippen molar-refractivity contribution in [3.63, 3.8) is 0 Å². The van der Waals surface area contributed by atoms with E-state index in [-0.39, 0.29) is 16.4 Å². The number of aliphatic hydroxyl groups is 2. The van der Waals surface area contributed by atoms with E-state index in [0.29, 0.717) is 21.5 Å². The smallest absolute Gasteiger partial charge is 0.162 e. The van der Waals surface area contributed by atoms with Crippen LogP contribution in [-0.2, 0) is 4.74 Å². The molecule has 2 N–H and O–H groups in total. The first kappa shape index (κ1) is 19.2. The zero-order chi connectivity index (χ0) is 18.3. The summed E-state index contributed by atoms with van der Waals surface area (Å²) in [4.78, 5) is 0.806. The van der Waals surface area contributed by atoms with Crippen LogP contribution in [0.1, 0.15) is 72.1 Å². The third-order valence-corrected chi connectivity index (χ3v) is 11.1. The van der Waals surface area contributed by atoms with Gasteiger partial charge in [0.1, 0.15) is 0 Å². The maximum atomic E-state index is 11.4. The molecule has 4 aliphatic rings. The van der Waals surface area contributed by atoms with Crippen molar-refractivity contribution in [1.29, 1.82) is 0 Å². The van der Waals surface area contributed by atoms with Crippen molar-refractivity contribution >= 4 is 31.9 Å². The van der Waals surface area contributed by atoms with Crippen LogP contribution in [0, 0.1) is 22.7 Å². The number of aliphatic hydroxyl groups excluding tert-OH is 1. The summed E-state index contributed by atoms with van der Waals surface area (Å²) in [6.07, 6.45) is 7.12. The van der Waals surface area contributed by atoms with Gasteiger partial charge in [0.05, 0.1) is 11.2 Å². The van der Waals surface area contributed by atoms with Crippen LogP contribution in [0.25, 0.3) is 0 Å². The quantitative estimate of drug-likeness (QED) is 0.561. The molecule has 1 aliphatic heterocycles.